The number of rotatable bonds is 5. The lowest BCUT2D eigenvalue weighted by molar-refractivity contribution is 0.0967. The highest BCUT2D eigenvalue weighted by molar-refractivity contribution is 7.78. The predicted molar refractivity (Wildman–Crippen MR) is 131 cm³/mol. The van der Waals surface area contributed by atoms with E-state index in [9.17, 15) is 13.8 Å². The van der Waals surface area contributed by atoms with E-state index in [1.54, 1.807) is 36.4 Å². The summed E-state index contributed by atoms with van der Waals surface area (Å²) in [6, 6.07) is 13.4. The standard InChI is InChI=1S/C22H19ClN4O4S2/c1-12-3-4-13(2)27(12)15-6-7-16(17(23)10-15)20(28)25-21(29)26-22-24-18-8-5-14(11-33(30)31)9-19(18)32-22/h3-10H,11H2,1-2H3,(H,30,31)(H2,24,25,26,28,29). The summed E-state index contributed by atoms with van der Waals surface area (Å²) < 4.78 is 22.8. The maximum Gasteiger partial charge on any atom is 0.327 e. The zero-order chi connectivity index (χ0) is 23.7. The van der Waals surface area contributed by atoms with Crippen LogP contribution in [0.15, 0.2) is 48.5 Å². The third kappa shape index (κ3) is 5.14. The number of carbonyl (C=O) groups is 2. The van der Waals surface area contributed by atoms with Crippen molar-refractivity contribution in [1.82, 2.24) is 14.9 Å². The number of thiazole rings is 1. The lowest BCUT2D eigenvalue weighted by Gasteiger charge is -2.12. The number of aromatic nitrogens is 2. The van der Waals surface area contributed by atoms with E-state index in [1.165, 1.54) is 11.3 Å². The highest BCUT2D eigenvalue weighted by Crippen LogP contribution is 2.27. The van der Waals surface area contributed by atoms with Gasteiger partial charge in [-0.05, 0) is 61.9 Å². The van der Waals surface area contributed by atoms with Crippen LogP contribution in [0.1, 0.15) is 27.3 Å². The first-order valence-corrected chi connectivity index (χ1v) is 12.2. The molecule has 0 radical (unpaired) electrons. The summed E-state index contributed by atoms with van der Waals surface area (Å²) in [5, 5.41) is 5.31. The number of aryl methyl sites for hydroxylation is 2. The van der Waals surface area contributed by atoms with Gasteiger partial charge in [-0.25, -0.2) is 14.0 Å². The van der Waals surface area contributed by atoms with Gasteiger partial charge >= 0.3 is 6.03 Å². The van der Waals surface area contributed by atoms with Gasteiger partial charge in [0.2, 0.25) is 0 Å². The zero-order valence-corrected chi connectivity index (χ0v) is 20.0. The van der Waals surface area contributed by atoms with Gasteiger partial charge in [0.05, 0.1) is 26.6 Å². The first-order valence-electron chi connectivity index (χ1n) is 9.75. The number of anilines is 1. The molecule has 11 heteroatoms. The van der Waals surface area contributed by atoms with E-state index in [0.717, 1.165) is 21.8 Å². The van der Waals surface area contributed by atoms with Crippen LogP contribution in [0.3, 0.4) is 0 Å². The van der Waals surface area contributed by atoms with Gasteiger partial charge < -0.3 is 9.12 Å². The molecule has 0 saturated heterocycles. The molecule has 3 amide bonds. The monoisotopic (exact) mass is 502 g/mol. The van der Waals surface area contributed by atoms with Crippen LogP contribution in [-0.4, -0.2) is 30.3 Å². The molecule has 0 saturated carbocycles. The van der Waals surface area contributed by atoms with Crippen molar-refractivity contribution in [2.75, 3.05) is 5.32 Å². The maximum atomic E-state index is 12.6. The molecule has 3 N–H and O–H groups in total. The Balaban J connectivity index is 1.45. The van der Waals surface area contributed by atoms with Gasteiger partial charge in [-0.3, -0.25) is 15.4 Å². The van der Waals surface area contributed by atoms with Crippen molar-refractivity contribution in [2.24, 2.45) is 0 Å². The number of halogens is 1. The largest absolute Gasteiger partial charge is 0.327 e. The quantitative estimate of drug-likeness (QED) is 0.331. The van der Waals surface area contributed by atoms with Crippen LogP contribution in [0.5, 0.6) is 0 Å². The van der Waals surface area contributed by atoms with Gasteiger partial charge in [0.25, 0.3) is 5.91 Å². The summed E-state index contributed by atoms with van der Waals surface area (Å²) in [6.45, 7) is 3.95. The maximum absolute atomic E-state index is 12.6. The van der Waals surface area contributed by atoms with E-state index in [1.807, 2.05) is 30.5 Å². The highest BCUT2D eigenvalue weighted by atomic mass is 35.5. The van der Waals surface area contributed by atoms with Gasteiger partial charge in [-0.1, -0.05) is 29.0 Å². The van der Waals surface area contributed by atoms with Crippen LogP contribution in [-0.2, 0) is 16.8 Å². The lowest BCUT2D eigenvalue weighted by Crippen LogP contribution is -2.34. The van der Waals surface area contributed by atoms with Crippen molar-refractivity contribution in [3.63, 3.8) is 0 Å². The molecule has 2 aromatic carbocycles. The number of nitrogens with zero attached hydrogens (tertiary/aromatic N) is 2. The molecule has 0 aliphatic rings. The molecule has 1 atom stereocenters. The molecule has 33 heavy (non-hydrogen) atoms. The summed E-state index contributed by atoms with van der Waals surface area (Å²) in [5.74, 6) is -0.631. The summed E-state index contributed by atoms with van der Waals surface area (Å²) in [5.41, 5.74) is 4.37. The van der Waals surface area contributed by atoms with Gasteiger partial charge in [-0.2, -0.15) is 0 Å². The van der Waals surface area contributed by atoms with E-state index in [0.29, 0.717) is 11.1 Å². The minimum Gasteiger partial charge on any atom is -0.318 e. The van der Waals surface area contributed by atoms with E-state index < -0.39 is 23.0 Å². The number of carbonyl (C=O) groups excluding carboxylic acids is 2. The molecule has 2 heterocycles. The molecule has 4 aromatic rings. The smallest absolute Gasteiger partial charge is 0.318 e. The minimum absolute atomic E-state index is 0.00854. The van der Waals surface area contributed by atoms with Crippen LogP contribution in [0.4, 0.5) is 9.93 Å². The Morgan fingerprint density at radius 3 is 2.52 bits per heavy atom. The fourth-order valence-corrected chi connectivity index (χ4v) is 5.11. The lowest BCUT2D eigenvalue weighted by atomic mass is 10.2. The minimum atomic E-state index is -1.95. The average molecular weight is 503 g/mol. The number of hydrogen-bond acceptors (Lipinski definition) is 5. The first-order chi connectivity index (χ1) is 15.7. The van der Waals surface area contributed by atoms with Crippen molar-refractivity contribution in [2.45, 2.75) is 19.6 Å². The molecule has 2 aromatic heterocycles. The third-order valence-electron chi connectivity index (χ3n) is 4.92. The number of nitrogens with one attached hydrogen (secondary N) is 2. The molecule has 4 rings (SSSR count). The summed E-state index contributed by atoms with van der Waals surface area (Å²) >= 11 is 5.58. The van der Waals surface area contributed by atoms with Crippen LogP contribution in [0.2, 0.25) is 5.02 Å². The Hall–Kier alpha value is -3.05. The Morgan fingerprint density at radius 2 is 1.85 bits per heavy atom. The molecule has 0 fully saturated rings. The molecular weight excluding hydrogens is 484 g/mol. The number of hydrogen-bond donors (Lipinski definition) is 3. The van der Waals surface area contributed by atoms with Crippen LogP contribution in [0.25, 0.3) is 15.9 Å². The van der Waals surface area contributed by atoms with Crippen LogP contribution in [0, 0.1) is 13.8 Å². The third-order valence-corrected chi connectivity index (χ3v) is 6.74. The zero-order valence-electron chi connectivity index (χ0n) is 17.6. The van der Waals surface area contributed by atoms with Crippen molar-refractivity contribution in [3.8, 4) is 5.69 Å². The number of urea groups is 1. The number of amides is 3. The molecule has 0 bridgehead atoms. The predicted octanol–water partition coefficient (Wildman–Crippen LogP) is 5.04. The SMILES string of the molecule is Cc1ccc(C)n1-c1ccc(C(=O)NC(=O)Nc2nc3ccc(CS(=O)O)cc3s2)c(Cl)c1. The van der Waals surface area contributed by atoms with E-state index in [2.05, 4.69) is 15.6 Å². The molecule has 1 unspecified atom stereocenters. The molecule has 0 aliphatic carbocycles. The molecular formula is C22H19ClN4O4S2. The Labute approximate surface area is 200 Å². The average Bonchev–Trinajstić information content (AvgIpc) is 3.28. The first kappa shape index (κ1) is 23.1. The molecule has 170 valence electrons. The molecule has 8 nitrogen and oxygen atoms in total. The van der Waals surface area contributed by atoms with Crippen molar-refractivity contribution in [1.29, 1.82) is 0 Å². The highest BCUT2D eigenvalue weighted by Gasteiger charge is 2.17. The van der Waals surface area contributed by atoms with E-state index >= 15 is 0 Å². The van der Waals surface area contributed by atoms with E-state index in [-0.39, 0.29) is 21.5 Å². The van der Waals surface area contributed by atoms with Gasteiger partial charge in [0.15, 0.2) is 16.2 Å². The Bertz CT molecular complexity index is 1390. The number of imide groups is 1. The van der Waals surface area contributed by atoms with Crippen LogP contribution >= 0.6 is 22.9 Å². The topological polar surface area (TPSA) is 113 Å². The van der Waals surface area contributed by atoms with Crippen LogP contribution < -0.4 is 10.6 Å². The Kier molecular flexibility index (Phi) is 6.61. The van der Waals surface area contributed by atoms with E-state index in [4.69, 9.17) is 16.2 Å². The van der Waals surface area contributed by atoms with Crippen molar-refractivity contribution in [3.05, 3.63) is 76.1 Å². The summed E-state index contributed by atoms with van der Waals surface area (Å²) in [6.07, 6.45) is 0. The molecule has 0 aliphatic heterocycles. The summed E-state index contributed by atoms with van der Waals surface area (Å²) in [4.78, 5) is 29.2. The number of benzene rings is 2. The normalized spacial score (nSPS) is 12.0. The van der Waals surface area contributed by atoms with Gasteiger partial charge in [0.1, 0.15) is 0 Å². The van der Waals surface area contributed by atoms with Crippen molar-refractivity contribution < 1.29 is 18.4 Å². The second-order valence-electron chi connectivity index (χ2n) is 7.31. The van der Waals surface area contributed by atoms with Gasteiger partial charge in [-0.15, -0.1) is 0 Å². The fraction of sp³-hybridized carbons (Fsp3) is 0.136. The van der Waals surface area contributed by atoms with Gasteiger partial charge in [0, 0.05) is 17.1 Å². The second kappa shape index (κ2) is 9.44. The number of fused-ring (bicyclic) bond motifs is 1. The second-order valence-corrected chi connectivity index (χ2v) is 9.68. The Morgan fingerprint density at radius 1 is 1.12 bits per heavy atom. The van der Waals surface area contributed by atoms with Crippen molar-refractivity contribution >= 4 is 61.3 Å². The summed E-state index contributed by atoms with van der Waals surface area (Å²) in [7, 11) is 0. The molecule has 0 spiro atoms. The fourth-order valence-electron chi connectivity index (χ4n) is 3.46.